The van der Waals surface area contributed by atoms with Gasteiger partial charge < -0.3 is 9.13 Å². The van der Waals surface area contributed by atoms with E-state index in [1.165, 1.54) is 32.6 Å². The molecule has 4 heteroatoms. The molecule has 0 aliphatic carbocycles. The van der Waals surface area contributed by atoms with E-state index in [1.807, 2.05) is 12.4 Å². The van der Waals surface area contributed by atoms with Gasteiger partial charge in [0.15, 0.2) is 0 Å². The lowest BCUT2D eigenvalue weighted by Gasteiger charge is -2.14. The Morgan fingerprint density at radius 1 is 0.425 bits per heavy atom. The van der Waals surface area contributed by atoms with Crippen molar-refractivity contribution in [1.82, 2.24) is 19.1 Å². The molecule has 0 fully saturated rings. The Kier molecular flexibility index (Phi) is 4.30. The molecule has 4 heterocycles. The molecule has 186 valence electrons. The number of aromatic nitrogens is 4. The third-order valence-electron chi connectivity index (χ3n) is 8.17. The van der Waals surface area contributed by atoms with Gasteiger partial charge in [0.1, 0.15) is 0 Å². The first kappa shape index (κ1) is 21.5. The third-order valence-corrected chi connectivity index (χ3v) is 8.17. The van der Waals surface area contributed by atoms with Gasteiger partial charge in [0.25, 0.3) is 0 Å². The molecule has 40 heavy (non-hydrogen) atoms. The van der Waals surface area contributed by atoms with Gasteiger partial charge in [-0.3, -0.25) is 9.97 Å². The van der Waals surface area contributed by atoms with Crippen LogP contribution in [0.4, 0.5) is 0 Å². The number of fused-ring (bicyclic) bond motifs is 11. The highest BCUT2D eigenvalue weighted by molar-refractivity contribution is 6.35. The highest BCUT2D eigenvalue weighted by Gasteiger charge is 2.25. The Morgan fingerprint density at radius 3 is 1.88 bits per heavy atom. The molecule has 9 aromatic rings. The molecule has 0 amide bonds. The first-order valence-electron chi connectivity index (χ1n) is 13.5. The summed E-state index contributed by atoms with van der Waals surface area (Å²) in [5, 5.41) is 7.08. The highest BCUT2D eigenvalue weighted by Crippen LogP contribution is 2.46. The molecule has 0 spiro atoms. The summed E-state index contributed by atoms with van der Waals surface area (Å²) in [6.07, 6.45) is 3.84. The van der Waals surface area contributed by atoms with E-state index in [-0.39, 0.29) is 0 Å². The lowest BCUT2D eigenvalue weighted by atomic mass is 10.0. The Labute approximate surface area is 229 Å². The molecule has 0 aliphatic rings. The van der Waals surface area contributed by atoms with Gasteiger partial charge in [0.05, 0.1) is 38.8 Å². The van der Waals surface area contributed by atoms with E-state index in [4.69, 9.17) is 9.97 Å². The fourth-order valence-electron chi connectivity index (χ4n) is 6.62. The van der Waals surface area contributed by atoms with Gasteiger partial charge >= 0.3 is 0 Å². The van der Waals surface area contributed by atoms with Crippen molar-refractivity contribution in [2.24, 2.45) is 0 Å². The van der Waals surface area contributed by atoms with Crippen LogP contribution in [-0.2, 0) is 0 Å². The standard InChI is InChI=1S/C36H22N4/c1-2-11-23(12-3-1)39-29-18-8-6-15-26(29)33-34-27(16-10-21-38-34)32-25-14-5-9-19-30(25)40(35(32)36(33)39)31-20-22-37-28-17-7-4-13-24(28)31/h1-22H. The van der Waals surface area contributed by atoms with E-state index < -0.39 is 0 Å². The van der Waals surface area contributed by atoms with Crippen LogP contribution in [0.5, 0.6) is 0 Å². The second-order valence-corrected chi connectivity index (χ2v) is 10.2. The molecule has 0 N–H and O–H groups in total. The maximum Gasteiger partial charge on any atom is 0.0811 e. The van der Waals surface area contributed by atoms with Crippen molar-refractivity contribution in [1.29, 1.82) is 0 Å². The fraction of sp³-hybridized carbons (Fsp3) is 0. The summed E-state index contributed by atoms with van der Waals surface area (Å²) in [5.74, 6) is 0. The quantitative estimate of drug-likeness (QED) is 0.233. The van der Waals surface area contributed by atoms with Gasteiger partial charge in [0, 0.05) is 50.4 Å². The first-order chi connectivity index (χ1) is 19.9. The van der Waals surface area contributed by atoms with Crippen molar-refractivity contribution in [2.75, 3.05) is 0 Å². The van der Waals surface area contributed by atoms with Crippen LogP contribution in [-0.4, -0.2) is 19.1 Å². The predicted molar refractivity (Wildman–Crippen MR) is 166 cm³/mol. The lowest BCUT2D eigenvalue weighted by Crippen LogP contribution is -2.00. The number of benzene rings is 5. The van der Waals surface area contributed by atoms with Crippen LogP contribution in [0.3, 0.4) is 0 Å². The topological polar surface area (TPSA) is 35.6 Å². The molecule has 0 aliphatic heterocycles. The summed E-state index contributed by atoms with van der Waals surface area (Å²) in [4.78, 5) is 9.72. The van der Waals surface area contributed by atoms with Gasteiger partial charge in [-0.25, -0.2) is 0 Å². The molecule has 9 rings (SSSR count). The number of para-hydroxylation sites is 4. The van der Waals surface area contributed by atoms with Crippen LogP contribution < -0.4 is 0 Å². The fourth-order valence-corrected chi connectivity index (χ4v) is 6.62. The van der Waals surface area contributed by atoms with Crippen molar-refractivity contribution in [3.8, 4) is 11.4 Å². The molecule has 0 bridgehead atoms. The number of pyridine rings is 2. The summed E-state index contributed by atoms with van der Waals surface area (Å²) in [5.41, 5.74) is 8.91. The Bertz CT molecular complexity index is 2430. The van der Waals surface area contributed by atoms with Gasteiger partial charge in [-0.05, 0) is 42.5 Å². The number of nitrogens with zero attached hydrogens (tertiary/aromatic N) is 4. The van der Waals surface area contributed by atoms with E-state index in [0.717, 1.165) is 44.2 Å². The lowest BCUT2D eigenvalue weighted by molar-refractivity contribution is 1.15. The Balaban J connectivity index is 1.67. The summed E-state index contributed by atoms with van der Waals surface area (Å²) in [6.45, 7) is 0. The second-order valence-electron chi connectivity index (χ2n) is 10.2. The Morgan fingerprint density at radius 2 is 1.05 bits per heavy atom. The minimum absolute atomic E-state index is 0.980. The van der Waals surface area contributed by atoms with E-state index in [9.17, 15) is 0 Å². The molecule has 5 aromatic carbocycles. The molecule has 0 saturated heterocycles. The summed E-state index contributed by atoms with van der Waals surface area (Å²) in [7, 11) is 0. The second kappa shape index (κ2) is 8.01. The van der Waals surface area contributed by atoms with Crippen LogP contribution >= 0.6 is 0 Å². The smallest absolute Gasteiger partial charge is 0.0811 e. The molecule has 4 nitrogen and oxygen atoms in total. The van der Waals surface area contributed by atoms with E-state index in [1.54, 1.807) is 0 Å². The number of hydrogen-bond donors (Lipinski definition) is 0. The van der Waals surface area contributed by atoms with Crippen LogP contribution in [0.15, 0.2) is 134 Å². The minimum Gasteiger partial charge on any atom is -0.307 e. The number of rotatable bonds is 2. The van der Waals surface area contributed by atoms with Gasteiger partial charge in [-0.15, -0.1) is 0 Å². The van der Waals surface area contributed by atoms with Crippen LogP contribution in [0.2, 0.25) is 0 Å². The maximum absolute atomic E-state index is 5.02. The van der Waals surface area contributed by atoms with Crippen molar-refractivity contribution >= 4 is 65.4 Å². The number of hydrogen-bond acceptors (Lipinski definition) is 2. The SMILES string of the molecule is c1ccc(-n2c3ccccc3c3c4ncccc4c4c5ccccc5n(-c5ccnc6ccccc56)c4c32)cc1. The first-order valence-corrected chi connectivity index (χ1v) is 13.5. The summed E-state index contributed by atoms with van der Waals surface area (Å²) in [6, 6.07) is 42.9. The molecule has 0 unspecified atom stereocenters. The van der Waals surface area contributed by atoms with Gasteiger partial charge in [0.2, 0.25) is 0 Å². The van der Waals surface area contributed by atoms with E-state index >= 15 is 0 Å². The summed E-state index contributed by atoms with van der Waals surface area (Å²) < 4.78 is 4.86. The minimum atomic E-state index is 0.980. The van der Waals surface area contributed by atoms with Gasteiger partial charge in [-0.1, -0.05) is 78.9 Å². The molecular formula is C36H22N4. The maximum atomic E-state index is 5.02. The molecule has 0 radical (unpaired) electrons. The van der Waals surface area contributed by atoms with Crippen molar-refractivity contribution in [3.05, 3.63) is 134 Å². The van der Waals surface area contributed by atoms with Crippen LogP contribution in [0, 0.1) is 0 Å². The van der Waals surface area contributed by atoms with Gasteiger partial charge in [-0.2, -0.15) is 0 Å². The summed E-state index contributed by atoms with van der Waals surface area (Å²) >= 11 is 0. The van der Waals surface area contributed by atoms with E-state index in [2.05, 4.69) is 130 Å². The average molecular weight is 511 g/mol. The monoisotopic (exact) mass is 510 g/mol. The molecule has 0 atom stereocenters. The largest absolute Gasteiger partial charge is 0.307 e. The average Bonchev–Trinajstić information content (AvgIpc) is 3.55. The predicted octanol–water partition coefficient (Wildman–Crippen LogP) is 8.98. The highest BCUT2D eigenvalue weighted by atomic mass is 15.0. The zero-order valence-corrected chi connectivity index (χ0v) is 21.5. The normalized spacial score (nSPS) is 12.0. The van der Waals surface area contributed by atoms with Crippen molar-refractivity contribution < 1.29 is 0 Å². The zero-order valence-electron chi connectivity index (χ0n) is 21.5. The van der Waals surface area contributed by atoms with Crippen LogP contribution in [0.25, 0.3) is 76.8 Å². The molecular weight excluding hydrogens is 488 g/mol. The van der Waals surface area contributed by atoms with E-state index in [0.29, 0.717) is 0 Å². The molecule has 0 saturated carbocycles. The van der Waals surface area contributed by atoms with Crippen molar-refractivity contribution in [3.63, 3.8) is 0 Å². The van der Waals surface area contributed by atoms with Crippen LogP contribution in [0.1, 0.15) is 0 Å². The molecule has 4 aromatic heterocycles. The Hall–Kier alpha value is -5.48. The third kappa shape index (κ3) is 2.74. The van der Waals surface area contributed by atoms with Crippen molar-refractivity contribution in [2.45, 2.75) is 0 Å². The zero-order chi connectivity index (χ0) is 26.2.